The molecule has 0 radical (unpaired) electrons. The third-order valence-electron chi connectivity index (χ3n) is 5.51. The number of para-hydroxylation sites is 1. The molecule has 1 saturated heterocycles. The Kier molecular flexibility index (Phi) is 7.27. The first-order chi connectivity index (χ1) is 12.5. The lowest BCUT2D eigenvalue weighted by Crippen LogP contribution is -2.32. The van der Waals surface area contributed by atoms with E-state index in [1.165, 1.54) is 0 Å². The second-order valence-electron chi connectivity index (χ2n) is 7.25. The van der Waals surface area contributed by atoms with Crippen LogP contribution in [0.25, 0.3) is 5.69 Å². The summed E-state index contributed by atoms with van der Waals surface area (Å²) in [5.41, 5.74) is 1.71. The van der Waals surface area contributed by atoms with Gasteiger partial charge in [-0.3, -0.25) is 14.3 Å². The zero-order chi connectivity index (χ0) is 18.7. The quantitative estimate of drug-likeness (QED) is 0.822. The Balaban J connectivity index is 0.00000261. The number of carbonyl (C=O) groups is 1. The van der Waals surface area contributed by atoms with Gasteiger partial charge in [-0.05, 0) is 56.8 Å². The number of rotatable bonds is 5. The van der Waals surface area contributed by atoms with Crippen molar-refractivity contribution in [1.29, 1.82) is 0 Å². The Morgan fingerprint density at radius 2 is 1.89 bits per heavy atom. The molecule has 2 N–H and O–H groups in total. The van der Waals surface area contributed by atoms with E-state index in [4.69, 9.17) is 0 Å². The second-order valence-corrected chi connectivity index (χ2v) is 7.25. The fourth-order valence-corrected chi connectivity index (χ4v) is 3.78. The summed E-state index contributed by atoms with van der Waals surface area (Å²) in [6.07, 6.45) is 2.67. The van der Waals surface area contributed by atoms with Crippen molar-refractivity contribution in [3.05, 3.63) is 46.4 Å². The normalized spacial score (nSPS) is 15.8. The van der Waals surface area contributed by atoms with Crippen molar-refractivity contribution in [3.63, 3.8) is 0 Å². The number of amides is 1. The van der Waals surface area contributed by atoms with Gasteiger partial charge in [-0.15, -0.1) is 12.4 Å². The zero-order valence-corrected chi connectivity index (χ0v) is 17.0. The number of halogens is 1. The highest BCUT2D eigenvalue weighted by atomic mass is 35.5. The molecule has 3 rings (SSSR count). The largest absolute Gasteiger partial charge is 0.320 e. The predicted molar refractivity (Wildman–Crippen MR) is 111 cm³/mol. The number of nitrogens with one attached hydrogen (secondary N) is 2. The first-order valence-electron chi connectivity index (χ1n) is 9.33. The molecule has 0 aliphatic carbocycles. The SMILES string of the molecule is Cc1c(NC(=O)CC(C)C2CCNCC2)c(=O)n(-c2ccccc2)n1C.Cl. The summed E-state index contributed by atoms with van der Waals surface area (Å²) in [7, 11) is 1.83. The summed E-state index contributed by atoms with van der Waals surface area (Å²) in [4.78, 5) is 25.4. The van der Waals surface area contributed by atoms with Crippen LogP contribution in [-0.4, -0.2) is 28.4 Å². The summed E-state index contributed by atoms with van der Waals surface area (Å²) in [5, 5.41) is 6.23. The maximum Gasteiger partial charge on any atom is 0.295 e. The lowest BCUT2D eigenvalue weighted by Gasteiger charge is -2.27. The van der Waals surface area contributed by atoms with E-state index in [0.29, 0.717) is 23.9 Å². The number of benzene rings is 1. The Morgan fingerprint density at radius 1 is 1.26 bits per heavy atom. The summed E-state index contributed by atoms with van der Waals surface area (Å²) < 4.78 is 3.37. The fourth-order valence-electron chi connectivity index (χ4n) is 3.78. The number of nitrogens with zero attached hydrogens (tertiary/aromatic N) is 2. The number of anilines is 1. The van der Waals surface area contributed by atoms with Crippen LogP contribution in [0.5, 0.6) is 0 Å². The molecular weight excluding hydrogens is 364 g/mol. The number of hydrogen-bond donors (Lipinski definition) is 2. The Morgan fingerprint density at radius 3 is 2.52 bits per heavy atom. The topological polar surface area (TPSA) is 68.1 Å². The van der Waals surface area contributed by atoms with E-state index in [-0.39, 0.29) is 23.9 Å². The van der Waals surface area contributed by atoms with Crippen LogP contribution in [0.3, 0.4) is 0 Å². The molecule has 0 spiro atoms. The van der Waals surface area contributed by atoms with E-state index in [9.17, 15) is 9.59 Å². The molecule has 0 bridgehead atoms. The molecule has 148 valence electrons. The molecule has 27 heavy (non-hydrogen) atoms. The Bertz CT molecular complexity index is 822. The first-order valence-corrected chi connectivity index (χ1v) is 9.33. The molecule has 1 unspecified atom stereocenters. The molecule has 6 nitrogen and oxygen atoms in total. The van der Waals surface area contributed by atoms with Crippen LogP contribution in [0.2, 0.25) is 0 Å². The number of carbonyl (C=O) groups excluding carboxylic acids is 1. The molecule has 1 fully saturated rings. The van der Waals surface area contributed by atoms with Crippen molar-refractivity contribution in [2.45, 2.75) is 33.1 Å². The molecule has 1 aromatic heterocycles. The van der Waals surface area contributed by atoms with E-state index < -0.39 is 0 Å². The van der Waals surface area contributed by atoms with Crippen LogP contribution in [-0.2, 0) is 11.8 Å². The number of piperidine rings is 1. The zero-order valence-electron chi connectivity index (χ0n) is 16.2. The van der Waals surface area contributed by atoms with Gasteiger partial charge in [0.25, 0.3) is 5.56 Å². The van der Waals surface area contributed by atoms with Crippen LogP contribution < -0.4 is 16.2 Å². The van der Waals surface area contributed by atoms with Gasteiger partial charge >= 0.3 is 0 Å². The van der Waals surface area contributed by atoms with Crippen LogP contribution >= 0.6 is 12.4 Å². The lowest BCUT2D eigenvalue weighted by atomic mass is 9.84. The molecule has 1 aliphatic heterocycles. The predicted octanol–water partition coefficient (Wildman–Crippen LogP) is 2.87. The average molecular weight is 393 g/mol. The van der Waals surface area contributed by atoms with E-state index in [2.05, 4.69) is 17.6 Å². The molecular formula is C20H29ClN4O2. The van der Waals surface area contributed by atoms with Gasteiger partial charge in [-0.2, -0.15) is 0 Å². The minimum Gasteiger partial charge on any atom is -0.320 e. The van der Waals surface area contributed by atoms with Gasteiger partial charge in [0.1, 0.15) is 5.69 Å². The molecule has 0 saturated carbocycles. The average Bonchev–Trinajstić information content (AvgIpc) is 2.86. The van der Waals surface area contributed by atoms with Crippen molar-refractivity contribution in [2.75, 3.05) is 18.4 Å². The lowest BCUT2D eigenvalue weighted by molar-refractivity contribution is -0.117. The van der Waals surface area contributed by atoms with Gasteiger partial charge in [-0.1, -0.05) is 25.1 Å². The Hall–Kier alpha value is -2.05. The van der Waals surface area contributed by atoms with E-state index in [1.807, 2.05) is 44.3 Å². The smallest absolute Gasteiger partial charge is 0.295 e. The molecule has 1 atom stereocenters. The summed E-state index contributed by atoms with van der Waals surface area (Å²) in [6.45, 7) is 6.04. The molecule has 1 amide bonds. The minimum atomic E-state index is -0.195. The monoisotopic (exact) mass is 392 g/mol. The van der Waals surface area contributed by atoms with Crippen LogP contribution in [0, 0.1) is 18.8 Å². The van der Waals surface area contributed by atoms with Gasteiger partial charge in [0.05, 0.1) is 11.4 Å². The third kappa shape index (κ3) is 4.62. The highest BCUT2D eigenvalue weighted by Crippen LogP contribution is 2.25. The van der Waals surface area contributed by atoms with Crippen molar-refractivity contribution in [2.24, 2.45) is 18.9 Å². The molecule has 1 aromatic carbocycles. The van der Waals surface area contributed by atoms with Gasteiger partial charge in [0.15, 0.2) is 0 Å². The molecule has 7 heteroatoms. The maximum atomic E-state index is 12.9. The molecule has 2 aromatic rings. The van der Waals surface area contributed by atoms with Crippen LogP contribution in [0.15, 0.2) is 35.1 Å². The van der Waals surface area contributed by atoms with Crippen LogP contribution in [0.1, 0.15) is 31.9 Å². The second kappa shape index (κ2) is 9.24. The highest BCUT2D eigenvalue weighted by molar-refractivity contribution is 5.91. The van der Waals surface area contributed by atoms with E-state index in [0.717, 1.165) is 37.3 Å². The fraction of sp³-hybridized carbons (Fsp3) is 0.500. The van der Waals surface area contributed by atoms with Gasteiger partial charge in [0.2, 0.25) is 5.91 Å². The summed E-state index contributed by atoms with van der Waals surface area (Å²) >= 11 is 0. The van der Waals surface area contributed by atoms with E-state index >= 15 is 0 Å². The van der Waals surface area contributed by atoms with Crippen LogP contribution in [0.4, 0.5) is 5.69 Å². The van der Waals surface area contributed by atoms with Crippen molar-refractivity contribution in [1.82, 2.24) is 14.7 Å². The molecule has 2 heterocycles. The summed E-state index contributed by atoms with van der Waals surface area (Å²) in [5.74, 6) is 0.805. The van der Waals surface area contributed by atoms with Gasteiger partial charge in [0, 0.05) is 13.5 Å². The Labute approximate surface area is 166 Å². The molecule has 1 aliphatic rings. The van der Waals surface area contributed by atoms with Gasteiger partial charge < -0.3 is 10.6 Å². The first kappa shape index (κ1) is 21.3. The van der Waals surface area contributed by atoms with E-state index in [1.54, 1.807) is 9.36 Å². The van der Waals surface area contributed by atoms with Crippen molar-refractivity contribution in [3.8, 4) is 5.69 Å². The standard InChI is InChI=1S/C20H28N4O2.ClH/c1-14(16-9-11-21-12-10-16)13-18(25)22-19-15(2)23(3)24(20(19)26)17-7-5-4-6-8-17;/h4-8,14,16,21H,9-13H2,1-3H3,(H,22,25);1H. The number of hydrogen-bond acceptors (Lipinski definition) is 3. The van der Waals surface area contributed by atoms with Crippen molar-refractivity contribution < 1.29 is 4.79 Å². The summed E-state index contributed by atoms with van der Waals surface area (Å²) in [6, 6.07) is 9.46. The van der Waals surface area contributed by atoms with Gasteiger partial charge in [-0.25, -0.2) is 4.68 Å². The van der Waals surface area contributed by atoms with Crippen molar-refractivity contribution >= 4 is 24.0 Å². The third-order valence-corrected chi connectivity index (χ3v) is 5.51. The number of aromatic nitrogens is 2. The highest BCUT2D eigenvalue weighted by Gasteiger charge is 2.24. The minimum absolute atomic E-state index is 0. The maximum absolute atomic E-state index is 12.9.